The van der Waals surface area contributed by atoms with Gasteiger partial charge in [0.15, 0.2) is 0 Å². The van der Waals surface area contributed by atoms with Crippen molar-refractivity contribution in [3.63, 3.8) is 0 Å². The fraction of sp³-hybridized carbons (Fsp3) is 0.455. The highest BCUT2D eigenvalue weighted by Gasteiger charge is 2.26. The molecule has 0 fully saturated rings. The SMILES string of the molecule is CC(S)C(C)(C)c1ccccc1N. The Labute approximate surface area is 85.8 Å². The third kappa shape index (κ3) is 1.99. The van der Waals surface area contributed by atoms with Crippen molar-refractivity contribution >= 4 is 18.3 Å². The van der Waals surface area contributed by atoms with Crippen LogP contribution in [-0.2, 0) is 5.41 Å². The Morgan fingerprint density at radius 3 is 2.31 bits per heavy atom. The van der Waals surface area contributed by atoms with E-state index in [2.05, 4.69) is 39.5 Å². The standard InChI is InChI=1S/C11H17NS/c1-8(13)11(2,3)9-6-4-5-7-10(9)12/h4-8,13H,12H2,1-3H3. The van der Waals surface area contributed by atoms with Gasteiger partial charge in [-0.1, -0.05) is 39.0 Å². The summed E-state index contributed by atoms with van der Waals surface area (Å²) >= 11 is 4.48. The highest BCUT2D eigenvalue weighted by atomic mass is 32.1. The van der Waals surface area contributed by atoms with E-state index in [9.17, 15) is 0 Å². The van der Waals surface area contributed by atoms with Crippen LogP contribution in [0, 0.1) is 0 Å². The van der Waals surface area contributed by atoms with Gasteiger partial charge in [-0.05, 0) is 11.6 Å². The molecule has 0 heterocycles. The average molecular weight is 195 g/mol. The molecule has 1 atom stereocenters. The molecule has 1 nitrogen and oxygen atoms in total. The molecule has 0 aliphatic heterocycles. The van der Waals surface area contributed by atoms with E-state index in [0.717, 1.165) is 5.69 Å². The average Bonchev–Trinajstić information content (AvgIpc) is 2.04. The molecule has 0 radical (unpaired) electrons. The number of nitrogens with two attached hydrogens (primary N) is 1. The Kier molecular flexibility index (Phi) is 2.91. The Morgan fingerprint density at radius 2 is 1.85 bits per heavy atom. The van der Waals surface area contributed by atoms with Crippen molar-refractivity contribution in [2.75, 3.05) is 5.73 Å². The zero-order valence-electron chi connectivity index (χ0n) is 8.41. The van der Waals surface area contributed by atoms with Crippen LogP contribution in [0.5, 0.6) is 0 Å². The minimum atomic E-state index is 0.0223. The van der Waals surface area contributed by atoms with Gasteiger partial charge < -0.3 is 5.73 Å². The summed E-state index contributed by atoms with van der Waals surface area (Å²) in [6.45, 7) is 6.42. The molecule has 1 unspecified atom stereocenters. The number of nitrogen functional groups attached to an aromatic ring is 1. The van der Waals surface area contributed by atoms with Crippen molar-refractivity contribution in [1.82, 2.24) is 0 Å². The molecule has 2 heteroatoms. The van der Waals surface area contributed by atoms with E-state index in [1.54, 1.807) is 0 Å². The van der Waals surface area contributed by atoms with E-state index < -0.39 is 0 Å². The number of hydrogen-bond donors (Lipinski definition) is 2. The van der Waals surface area contributed by atoms with E-state index in [1.807, 2.05) is 18.2 Å². The molecular formula is C11H17NS. The first kappa shape index (κ1) is 10.5. The second kappa shape index (κ2) is 3.62. The fourth-order valence-corrected chi connectivity index (χ4v) is 1.45. The molecule has 0 aliphatic rings. The summed E-state index contributed by atoms with van der Waals surface area (Å²) in [7, 11) is 0. The lowest BCUT2D eigenvalue weighted by molar-refractivity contribution is 0.525. The highest BCUT2D eigenvalue weighted by Crippen LogP contribution is 2.33. The largest absolute Gasteiger partial charge is 0.398 e. The van der Waals surface area contributed by atoms with Gasteiger partial charge in [0.1, 0.15) is 0 Å². The molecule has 0 saturated heterocycles. The predicted octanol–water partition coefficient (Wildman–Crippen LogP) is 2.86. The molecule has 0 bridgehead atoms. The maximum absolute atomic E-state index is 5.91. The Hall–Kier alpha value is -0.630. The molecule has 0 aromatic heterocycles. The van der Waals surface area contributed by atoms with Crippen LogP contribution >= 0.6 is 12.6 Å². The van der Waals surface area contributed by atoms with Gasteiger partial charge in [-0.15, -0.1) is 0 Å². The van der Waals surface area contributed by atoms with Crippen LogP contribution in [-0.4, -0.2) is 5.25 Å². The molecule has 1 aromatic rings. The van der Waals surface area contributed by atoms with Crippen LogP contribution in [0.25, 0.3) is 0 Å². The van der Waals surface area contributed by atoms with Gasteiger partial charge in [-0.25, -0.2) is 0 Å². The van der Waals surface area contributed by atoms with Gasteiger partial charge in [0.05, 0.1) is 0 Å². The number of para-hydroxylation sites is 1. The molecule has 13 heavy (non-hydrogen) atoms. The first-order valence-corrected chi connectivity index (χ1v) is 5.01. The predicted molar refractivity (Wildman–Crippen MR) is 62.3 cm³/mol. The fourth-order valence-electron chi connectivity index (χ4n) is 1.31. The minimum Gasteiger partial charge on any atom is -0.398 e. The van der Waals surface area contributed by atoms with Gasteiger partial charge in [0.25, 0.3) is 0 Å². The van der Waals surface area contributed by atoms with Crippen LogP contribution in [0.4, 0.5) is 5.69 Å². The molecule has 0 aliphatic carbocycles. The van der Waals surface area contributed by atoms with Crippen LogP contribution in [0.1, 0.15) is 26.3 Å². The number of benzene rings is 1. The molecule has 0 spiro atoms. The third-order valence-corrected chi connectivity index (χ3v) is 3.34. The van der Waals surface area contributed by atoms with E-state index >= 15 is 0 Å². The van der Waals surface area contributed by atoms with Crippen molar-refractivity contribution in [3.8, 4) is 0 Å². The van der Waals surface area contributed by atoms with Gasteiger partial charge in [-0.2, -0.15) is 12.6 Å². The monoisotopic (exact) mass is 195 g/mol. The van der Waals surface area contributed by atoms with Crippen molar-refractivity contribution < 1.29 is 0 Å². The number of rotatable bonds is 2. The zero-order chi connectivity index (χ0) is 10.1. The first-order valence-electron chi connectivity index (χ1n) is 4.49. The minimum absolute atomic E-state index is 0.0223. The van der Waals surface area contributed by atoms with E-state index in [-0.39, 0.29) is 10.7 Å². The van der Waals surface area contributed by atoms with Gasteiger partial charge in [0.2, 0.25) is 0 Å². The Morgan fingerprint density at radius 1 is 1.31 bits per heavy atom. The summed E-state index contributed by atoms with van der Waals surface area (Å²) in [6.07, 6.45) is 0. The van der Waals surface area contributed by atoms with Crippen molar-refractivity contribution in [2.45, 2.75) is 31.4 Å². The summed E-state index contributed by atoms with van der Waals surface area (Å²) in [5.74, 6) is 0. The van der Waals surface area contributed by atoms with Gasteiger partial charge in [-0.3, -0.25) is 0 Å². The third-order valence-electron chi connectivity index (χ3n) is 2.70. The summed E-state index contributed by atoms with van der Waals surface area (Å²) in [5, 5.41) is 0.289. The molecule has 72 valence electrons. The van der Waals surface area contributed by atoms with E-state index in [4.69, 9.17) is 5.73 Å². The second-order valence-corrected chi connectivity index (χ2v) is 4.76. The summed E-state index contributed by atoms with van der Waals surface area (Å²) in [5.41, 5.74) is 7.97. The lowest BCUT2D eigenvalue weighted by Gasteiger charge is -2.30. The summed E-state index contributed by atoms with van der Waals surface area (Å²) in [6, 6.07) is 7.98. The maximum atomic E-state index is 5.91. The van der Waals surface area contributed by atoms with Crippen LogP contribution in [0.15, 0.2) is 24.3 Å². The van der Waals surface area contributed by atoms with Crippen LogP contribution in [0.3, 0.4) is 0 Å². The lowest BCUT2D eigenvalue weighted by Crippen LogP contribution is -2.28. The van der Waals surface area contributed by atoms with Gasteiger partial charge in [0, 0.05) is 16.4 Å². The van der Waals surface area contributed by atoms with Crippen LogP contribution < -0.4 is 5.73 Å². The number of anilines is 1. The quantitative estimate of drug-likeness (QED) is 0.551. The highest BCUT2D eigenvalue weighted by molar-refractivity contribution is 7.81. The molecule has 0 amide bonds. The molecule has 0 saturated carbocycles. The first-order chi connectivity index (χ1) is 5.96. The summed E-state index contributed by atoms with van der Waals surface area (Å²) in [4.78, 5) is 0. The van der Waals surface area contributed by atoms with E-state index in [1.165, 1.54) is 5.56 Å². The van der Waals surface area contributed by atoms with Crippen LogP contribution in [0.2, 0.25) is 0 Å². The maximum Gasteiger partial charge on any atom is 0.0352 e. The Balaban J connectivity index is 3.14. The smallest absolute Gasteiger partial charge is 0.0352 e. The lowest BCUT2D eigenvalue weighted by atomic mass is 9.81. The van der Waals surface area contributed by atoms with Crippen molar-refractivity contribution in [2.24, 2.45) is 0 Å². The molecule has 1 rings (SSSR count). The number of thiol groups is 1. The normalized spacial score (nSPS) is 14.2. The topological polar surface area (TPSA) is 26.0 Å². The molecule has 2 N–H and O–H groups in total. The van der Waals surface area contributed by atoms with Gasteiger partial charge >= 0.3 is 0 Å². The zero-order valence-corrected chi connectivity index (χ0v) is 9.31. The molecule has 1 aromatic carbocycles. The van der Waals surface area contributed by atoms with Crippen molar-refractivity contribution in [1.29, 1.82) is 0 Å². The summed E-state index contributed by atoms with van der Waals surface area (Å²) < 4.78 is 0. The van der Waals surface area contributed by atoms with Crippen molar-refractivity contribution in [3.05, 3.63) is 29.8 Å². The van der Waals surface area contributed by atoms with E-state index in [0.29, 0.717) is 0 Å². The Bertz CT molecular complexity index is 292. The second-order valence-electron chi connectivity index (χ2n) is 3.98. The number of hydrogen-bond acceptors (Lipinski definition) is 2. The molecular weight excluding hydrogens is 178 g/mol.